The van der Waals surface area contributed by atoms with Crippen molar-refractivity contribution in [3.63, 3.8) is 0 Å². The predicted octanol–water partition coefficient (Wildman–Crippen LogP) is 2.30. The van der Waals surface area contributed by atoms with Gasteiger partial charge in [0.15, 0.2) is 0 Å². The molecule has 0 aromatic carbocycles. The standard InChI is InChI=1S/C15H30N2O2/c1-15(2,14(18)19)8-4-5-9-16(3)12-13-17-10-6-7-11-17/h4-13H2,1-3H3,(H,18,19). The minimum atomic E-state index is -0.685. The number of unbranched alkanes of at least 4 members (excludes halogenated alkanes) is 1. The van der Waals surface area contributed by atoms with Crippen LogP contribution in [-0.2, 0) is 4.79 Å². The van der Waals surface area contributed by atoms with Crippen molar-refractivity contribution in [3.05, 3.63) is 0 Å². The Balaban J connectivity index is 2.03. The number of hydrogen-bond acceptors (Lipinski definition) is 3. The van der Waals surface area contributed by atoms with Gasteiger partial charge in [-0.25, -0.2) is 0 Å². The summed E-state index contributed by atoms with van der Waals surface area (Å²) in [6.07, 6.45) is 5.56. The molecule has 1 aliphatic heterocycles. The highest BCUT2D eigenvalue weighted by molar-refractivity contribution is 5.73. The predicted molar refractivity (Wildman–Crippen MR) is 78.4 cm³/mol. The van der Waals surface area contributed by atoms with Gasteiger partial charge in [0.25, 0.3) is 0 Å². The van der Waals surface area contributed by atoms with Crippen molar-refractivity contribution in [1.29, 1.82) is 0 Å². The molecular weight excluding hydrogens is 240 g/mol. The van der Waals surface area contributed by atoms with Gasteiger partial charge < -0.3 is 14.9 Å². The van der Waals surface area contributed by atoms with Gasteiger partial charge in [-0.1, -0.05) is 6.42 Å². The molecule has 0 unspecified atom stereocenters. The summed E-state index contributed by atoms with van der Waals surface area (Å²) in [6.45, 7) is 9.53. The Labute approximate surface area is 117 Å². The van der Waals surface area contributed by atoms with Crippen LogP contribution in [0, 0.1) is 5.41 Å². The molecule has 0 radical (unpaired) electrons. The molecular formula is C15H30N2O2. The molecule has 1 fully saturated rings. The minimum Gasteiger partial charge on any atom is -0.481 e. The molecule has 0 aromatic heterocycles. The summed E-state index contributed by atoms with van der Waals surface area (Å²) in [5.74, 6) is -0.685. The summed E-state index contributed by atoms with van der Waals surface area (Å²) < 4.78 is 0. The Morgan fingerprint density at radius 1 is 1.21 bits per heavy atom. The molecule has 0 bridgehead atoms. The Kier molecular flexibility index (Phi) is 6.80. The van der Waals surface area contributed by atoms with Crippen molar-refractivity contribution in [2.24, 2.45) is 5.41 Å². The summed E-state index contributed by atoms with van der Waals surface area (Å²) >= 11 is 0. The zero-order chi connectivity index (χ0) is 14.3. The van der Waals surface area contributed by atoms with E-state index >= 15 is 0 Å². The van der Waals surface area contributed by atoms with Gasteiger partial charge in [-0.2, -0.15) is 0 Å². The van der Waals surface area contributed by atoms with Crippen molar-refractivity contribution in [3.8, 4) is 0 Å². The molecule has 19 heavy (non-hydrogen) atoms. The highest BCUT2D eigenvalue weighted by Crippen LogP contribution is 2.23. The van der Waals surface area contributed by atoms with Crippen molar-refractivity contribution < 1.29 is 9.90 Å². The third-order valence-electron chi connectivity index (χ3n) is 4.17. The maximum Gasteiger partial charge on any atom is 0.309 e. The summed E-state index contributed by atoms with van der Waals surface area (Å²) in [4.78, 5) is 15.9. The van der Waals surface area contributed by atoms with Crippen LogP contribution >= 0.6 is 0 Å². The summed E-state index contributed by atoms with van der Waals surface area (Å²) in [7, 11) is 2.17. The molecule has 1 saturated heterocycles. The van der Waals surface area contributed by atoms with Crippen LogP contribution in [0.2, 0.25) is 0 Å². The molecule has 112 valence electrons. The zero-order valence-electron chi connectivity index (χ0n) is 12.8. The van der Waals surface area contributed by atoms with Crippen LogP contribution in [-0.4, -0.2) is 60.6 Å². The minimum absolute atomic E-state index is 0.575. The van der Waals surface area contributed by atoms with Gasteiger partial charge in [-0.05, 0) is 66.2 Å². The lowest BCUT2D eigenvalue weighted by atomic mass is 9.87. The zero-order valence-corrected chi connectivity index (χ0v) is 12.8. The Morgan fingerprint density at radius 3 is 2.42 bits per heavy atom. The first-order valence-corrected chi connectivity index (χ1v) is 7.56. The fraction of sp³-hybridized carbons (Fsp3) is 0.933. The van der Waals surface area contributed by atoms with Crippen molar-refractivity contribution >= 4 is 5.97 Å². The van der Waals surface area contributed by atoms with E-state index in [1.54, 1.807) is 0 Å². The Bertz CT molecular complexity index is 273. The Hall–Kier alpha value is -0.610. The van der Waals surface area contributed by atoms with E-state index in [1.165, 1.54) is 32.5 Å². The number of likely N-dealkylation sites (N-methyl/N-ethyl adjacent to an activating group) is 1. The Morgan fingerprint density at radius 2 is 1.84 bits per heavy atom. The van der Waals surface area contributed by atoms with Crippen molar-refractivity contribution in [1.82, 2.24) is 9.80 Å². The first-order chi connectivity index (χ1) is 8.92. The number of carboxylic acid groups (broad SMARTS) is 1. The molecule has 0 atom stereocenters. The normalized spacial score (nSPS) is 17.3. The monoisotopic (exact) mass is 270 g/mol. The molecule has 0 spiro atoms. The fourth-order valence-electron chi connectivity index (χ4n) is 2.49. The number of aliphatic carboxylic acids is 1. The second-order valence-electron chi connectivity index (χ2n) is 6.50. The van der Waals surface area contributed by atoms with E-state index in [-0.39, 0.29) is 0 Å². The first-order valence-electron chi connectivity index (χ1n) is 7.56. The van der Waals surface area contributed by atoms with E-state index in [2.05, 4.69) is 16.8 Å². The highest BCUT2D eigenvalue weighted by atomic mass is 16.4. The van der Waals surface area contributed by atoms with E-state index in [9.17, 15) is 4.79 Å². The SMILES string of the molecule is CN(CCCCC(C)(C)C(=O)O)CCN1CCCC1. The fourth-order valence-corrected chi connectivity index (χ4v) is 2.49. The smallest absolute Gasteiger partial charge is 0.309 e. The average molecular weight is 270 g/mol. The van der Waals surface area contributed by atoms with E-state index in [0.717, 1.165) is 32.4 Å². The molecule has 1 heterocycles. The van der Waals surface area contributed by atoms with Gasteiger partial charge >= 0.3 is 5.97 Å². The molecule has 1 rings (SSSR count). The maximum absolute atomic E-state index is 11.0. The van der Waals surface area contributed by atoms with E-state index in [0.29, 0.717) is 0 Å². The molecule has 0 aliphatic carbocycles. The summed E-state index contributed by atoms with van der Waals surface area (Å²) in [5, 5.41) is 9.04. The van der Waals surface area contributed by atoms with Crippen LogP contribution in [0.25, 0.3) is 0 Å². The quantitative estimate of drug-likeness (QED) is 0.653. The number of rotatable bonds is 9. The molecule has 0 aromatic rings. The van der Waals surface area contributed by atoms with Gasteiger partial charge in [-0.3, -0.25) is 4.79 Å². The van der Waals surface area contributed by atoms with Crippen LogP contribution in [0.1, 0.15) is 46.0 Å². The van der Waals surface area contributed by atoms with Crippen LogP contribution in [0.3, 0.4) is 0 Å². The van der Waals surface area contributed by atoms with Crippen molar-refractivity contribution in [2.45, 2.75) is 46.0 Å². The third-order valence-corrected chi connectivity index (χ3v) is 4.17. The summed E-state index contributed by atoms with van der Waals surface area (Å²) in [6, 6.07) is 0. The number of nitrogens with zero attached hydrogens (tertiary/aromatic N) is 2. The van der Waals surface area contributed by atoms with E-state index < -0.39 is 11.4 Å². The number of carbonyl (C=O) groups is 1. The first kappa shape index (κ1) is 16.4. The maximum atomic E-state index is 11.0. The second kappa shape index (κ2) is 7.85. The third kappa shape index (κ3) is 6.39. The largest absolute Gasteiger partial charge is 0.481 e. The lowest BCUT2D eigenvalue weighted by Gasteiger charge is -2.22. The van der Waals surface area contributed by atoms with Crippen LogP contribution < -0.4 is 0 Å². The number of carboxylic acids is 1. The van der Waals surface area contributed by atoms with Gasteiger partial charge in [0.1, 0.15) is 0 Å². The highest BCUT2D eigenvalue weighted by Gasteiger charge is 2.26. The second-order valence-corrected chi connectivity index (χ2v) is 6.50. The van der Waals surface area contributed by atoms with E-state index in [1.807, 2.05) is 13.8 Å². The van der Waals surface area contributed by atoms with Crippen molar-refractivity contribution in [2.75, 3.05) is 39.8 Å². The van der Waals surface area contributed by atoms with E-state index in [4.69, 9.17) is 5.11 Å². The number of likely N-dealkylation sites (tertiary alicyclic amines) is 1. The van der Waals surface area contributed by atoms with Crippen LogP contribution in [0.15, 0.2) is 0 Å². The molecule has 1 aliphatic rings. The molecule has 0 amide bonds. The lowest BCUT2D eigenvalue weighted by molar-refractivity contribution is -0.147. The molecule has 1 N–H and O–H groups in total. The number of hydrogen-bond donors (Lipinski definition) is 1. The topological polar surface area (TPSA) is 43.8 Å². The molecule has 4 heteroatoms. The molecule has 4 nitrogen and oxygen atoms in total. The van der Waals surface area contributed by atoms with Gasteiger partial charge in [-0.15, -0.1) is 0 Å². The summed E-state index contributed by atoms with van der Waals surface area (Å²) in [5.41, 5.74) is -0.575. The van der Waals surface area contributed by atoms with Crippen LogP contribution in [0.5, 0.6) is 0 Å². The average Bonchev–Trinajstić information content (AvgIpc) is 2.85. The van der Waals surface area contributed by atoms with Gasteiger partial charge in [0.2, 0.25) is 0 Å². The molecule has 0 saturated carbocycles. The van der Waals surface area contributed by atoms with Gasteiger partial charge in [0, 0.05) is 13.1 Å². The van der Waals surface area contributed by atoms with Crippen LogP contribution in [0.4, 0.5) is 0 Å². The lowest BCUT2D eigenvalue weighted by Crippen LogP contribution is -2.32. The van der Waals surface area contributed by atoms with Gasteiger partial charge in [0.05, 0.1) is 5.41 Å².